The highest BCUT2D eigenvalue weighted by Crippen LogP contribution is 2.31. The van der Waals surface area contributed by atoms with Gasteiger partial charge in [-0.2, -0.15) is 0 Å². The zero-order chi connectivity index (χ0) is 13.9. The van der Waals surface area contributed by atoms with E-state index in [9.17, 15) is 14.3 Å². The Morgan fingerprint density at radius 1 is 1.47 bits per heavy atom. The molecule has 3 nitrogen and oxygen atoms in total. The van der Waals surface area contributed by atoms with E-state index >= 15 is 0 Å². The van der Waals surface area contributed by atoms with Crippen molar-refractivity contribution in [2.24, 2.45) is 5.92 Å². The van der Waals surface area contributed by atoms with E-state index in [-0.39, 0.29) is 12.5 Å². The molecule has 1 aromatic carbocycles. The third kappa shape index (κ3) is 3.32. The van der Waals surface area contributed by atoms with E-state index < -0.39 is 11.4 Å². The van der Waals surface area contributed by atoms with Crippen LogP contribution in [0.15, 0.2) is 24.3 Å². The van der Waals surface area contributed by atoms with E-state index in [1.165, 1.54) is 18.2 Å². The van der Waals surface area contributed by atoms with Gasteiger partial charge in [0.1, 0.15) is 5.82 Å². The van der Waals surface area contributed by atoms with Gasteiger partial charge in [-0.15, -0.1) is 0 Å². The number of halogens is 1. The van der Waals surface area contributed by atoms with Crippen LogP contribution in [0.5, 0.6) is 0 Å². The van der Waals surface area contributed by atoms with Crippen LogP contribution in [0.3, 0.4) is 0 Å². The summed E-state index contributed by atoms with van der Waals surface area (Å²) in [6.45, 7) is 2.11. The highest BCUT2D eigenvalue weighted by molar-refractivity contribution is 5.94. The normalized spacial score (nSPS) is 27.0. The highest BCUT2D eigenvalue weighted by atomic mass is 19.1. The Hall–Kier alpha value is -1.42. The maximum atomic E-state index is 13.1. The van der Waals surface area contributed by atoms with Gasteiger partial charge in [-0.05, 0) is 49.8 Å². The molecule has 0 saturated heterocycles. The lowest BCUT2D eigenvalue weighted by Crippen LogP contribution is -2.53. The summed E-state index contributed by atoms with van der Waals surface area (Å²) in [5, 5.41) is 12.5. The SMILES string of the molecule is CC1CCC(CO)(NC(=O)c2cccc(F)c2)CC1. The fourth-order valence-corrected chi connectivity index (χ4v) is 2.58. The number of carbonyl (C=O) groups is 1. The van der Waals surface area contributed by atoms with Crippen LogP contribution in [0.4, 0.5) is 4.39 Å². The number of aliphatic hydroxyl groups excluding tert-OH is 1. The molecule has 1 aromatic rings. The number of carbonyl (C=O) groups excluding carboxylic acids is 1. The molecular weight excluding hydrogens is 245 g/mol. The van der Waals surface area contributed by atoms with Crippen molar-refractivity contribution >= 4 is 5.91 Å². The summed E-state index contributed by atoms with van der Waals surface area (Å²) in [5.74, 6) is -0.114. The number of hydrogen-bond donors (Lipinski definition) is 2. The number of aliphatic hydroxyl groups is 1. The molecule has 0 heterocycles. The molecule has 0 radical (unpaired) electrons. The monoisotopic (exact) mass is 265 g/mol. The van der Waals surface area contributed by atoms with Gasteiger partial charge in [0, 0.05) is 5.56 Å². The number of nitrogens with one attached hydrogen (secondary N) is 1. The van der Waals surface area contributed by atoms with Gasteiger partial charge >= 0.3 is 0 Å². The molecule has 0 bridgehead atoms. The number of rotatable bonds is 3. The summed E-state index contributed by atoms with van der Waals surface area (Å²) in [6, 6.07) is 5.61. The van der Waals surface area contributed by atoms with Crippen molar-refractivity contribution in [1.29, 1.82) is 0 Å². The Balaban J connectivity index is 2.08. The van der Waals surface area contributed by atoms with Crippen molar-refractivity contribution < 1.29 is 14.3 Å². The number of hydrogen-bond acceptors (Lipinski definition) is 2. The second-order valence-corrected chi connectivity index (χ2v) is 5.59. The maximum Gasteiger partial charge on any atom is 0.251 e. The van der Waals surface area contributed by atoms with Crippen LogP contribution >= 0.6 is 0 Å². The minimum Gasteiger partial charge on any atom is -0.394 e. The Morgan fingerprint density at radius 3 is 2.74 bits per heavy atom. The van der Waals surface area contributed by atoms with Crippen molar-refractivity contribution in [2.45, 2.75) is 38.1 Å². The van der Waals surface area contributed by atoms with Crippen molar-refractivity contribution in [3.63, 3.8) is 0 Å². The van der Waals surface area contributed by atoms with Crippen LogP contribution < -0.4 is 5.32 Å². The summed E-state index contributed by atoms with van der Waals surface area (Å²) in [4.78, 5) is 12.1. The first kappa shape index (κ1) is 14.0. The van der Waals surface area contributed by atoms with Gasteiger partial charge in [0.2, 0.25) is 0 Å². The van der Waals surface area contributed by atoms with E-state index in [1.807, 2.05) is 0 Å². The quantitative estimate of drug-likeness (QED) is 0.882. The first-order valence-corrected chi connectivity index (χ1v) is 6.74. The zero-order valence-corrected chi connectivity index (χ0v) is 11.2. The predicted octanol–water partition coefficient (Wildman–Crippen LogP) is 2.50. The molecule has 1 aliphatic carbocycles. The van der Waals surface area contributed by atoms with Crippen molar-refractivity contribution in [1.82, 2.24) is 5.32 Å². The summed E-state index contributed by atoms with van der Waals surface area (Å²) < 4.78 is 13.1. The summed E-state index contributed by atoms with van der Waals surface area (Å²) in [6.07, 6.45) is 3.52. The smallest absolute Gasteiger partial charge is 0.251 e. The van der Waals surface area contributed by atoms with Gasteiger partial charge in [0.25, 0.3) is 5.91 Å². The third-order valence-corrected chi connectivity index (χ3v) is 4.00. The highest BCUT2D eigenvalue weighted by Gasteiger charge is 2.35. The van der Waals surface area contributed by atoms with E-state index in [4.69, 9.17) is 0 Å². The van der Waals surface area contributed by atoms with Crippen molar-refractivity contribution in [2.75, 3.05) is 6.61 Å². The molecular formula is C15H20FNO2. The van der Waals surface area contributed by atoms with E-state index in [1.54, 1.807) is 6.07 Å². The van der Waals surface area contributed by atoms with Crippen LogP contribution in [-0.2, 0) is 0 Å². The average Bonchev–Trinajstić information content (AvgIpc) is 2.42. The zero-order valence-electron chi connectivity index (χ0n) is 11.2. The first-order valence-electron chi connectivity index (χ1n) is 6.74. The number of amides is 1. The van der Waals surface area contributed by atoms with Gasteiger partial charge in [0.15, 0.2) is 0 Å². The standard InChI is InChI=1S/C15H20FNO2/c1-11-5-7-15(10-18,8-6-11)17-14(19)12-3-2-4-13(16)9-12/h2-4,9,11,18H,5-8,10H2,1H3,(H,17,19). The Labute approximate surface area is 112 Å². The summed E-state index contributed by atoms with van der Waals surface area (Å²) in [5.41, 5.74) is -0.248. The fraction of sp³-hybridized carbons (Fsp3) is 0.533. The molecule has 1 saturated carbocycles. The second kappa shape index (κ2) is 5.70. The van der Waals surface area contributed by atoms with E-state index in [0.29, 0.717) is 11.5 Å². The molecule has 0 aromatic heterocycles. The van der Waals surface area contributed by atoms with Gasteiger partial charge in [-0.3, -0.25) is 4.79 Å². The Bertz CT molecular complexity index is 453. The lowest BCUT2D eigenvalue weighted by Gasteiger charge is -2.38. The predicted molar refractivity (Wildman–Crippen MR) is 71.3 cm³/mol. The van der Waals surface area contributed by atoms with Crippen molar-refractivity contribution in [3.05, 3.63) is 35.6 Å². The molecule has 1 aliphatic rings. The van der Waals surface area contributed by atoms with Gasteiger partial charge in [0.05, 0.1) is 12.1 Å². The molecule has 0 atom stereocenters. The molecule has 0 spiro atoms. The molecule has 1 fully saturated rings. The van der Waals surface area contributed by atoms with Crippen molar-refractivity contribution in [3.8, 4) is 0 Å². The third-order valence-electron chi connectivity index (χ3n) is 4.00. The van der Waals surface area contributed by atoms with Crippen LogP contribution in [0, 0.1) is 11.7 Å². The Kier molecular flexibility index (Phi) is 4.20. The minimum atomic E-state index is -0.546. The first-order chi connectivity index (χ1) is 9.04. The van der Waals surface area contributed by atoms with Crippen LogP contribution in [0.1, 0.15) is 43.0 Å². The van der Waals surface area contributed by atoms with Gasteiger partial charge < -0.3 is 10.4 Å². The molecule has 0 unspecified atom stereocenters. The van der Waals surface area contributed by atoms with E-state index in [0.717, 1.165) is 25.7 Å². The molecule has 4 heteroatoms. The molecule has 104 valence electrons. The Morgan fingerprint density at radius 2 is 2.16 bits per heavy atom. The molecule has 1 amide bonds. The second-order valence-electron chi connectivity index (χ2n) is 5.59. The van der Waals surface area contributed by atoms with Crippen LogP contribution in [0.25, 0.3) is 0 Å². The molecule has 2 N–H and O–H groups in total. The molecule has 19 heavy (non-hydrogen) atoms. The minimum absolute atomic E-state index is 0.0687. The summed E-state index contributed by atoms with van der Waals surface area (Å²) in [7, 11) is 0. The van der Waals surface area contributed by atoms with Crippen LogP contribution in [-0.4, -0.2) is 23.2 Å². The topological polar surface area (TPSA) is 49.3 Å². The van der Waals surface area contributed by atoms with E-state index in [2.05, 4.69) is 12.2 Å². The summed E-state index contributed by atoms with van der Waals surface area (Å²) >= 11 is 0. The molecule has 0 aliphatic heterocycles. The fourth-order valence-electron chi connectivity index (χ4n) is 2.58. The van der Waals surface area contributed by atoms with Gasteiger partial charge in [-0.1, -0.05) is 13.0 Å². The lowest BCUT2D eigenvalue weighted by molar-refractivity contribution is 0.0716. The van der Waals surface area contributed by atoms with Crippen LogP contribution in [0.2, 0.25) is 0 Å². The number of benzene rings is 1. The maximum absolute atomic E-state index is 13.1. The average molecular weight is 265 g/mol. The van der Waals surface area contributed by atoms with Gasteiger partial charge in [-0.25, -0.2) is 4.39 Å². The molecule has 2 rings (SSSR count). The lowest BCUT2D eigenvalue weighted by atomic mass is 9.77. The largest absolute Gasteiger partial charge is 0.394 e.